The summed E-state index contributed by atoms with van der Waals surface area (Å²) in [6.45, 7) is 2.21. The number of aliphatic hydroxyl groups excluding tert-OH is 3. The third-order valence-electron chi connectivity index (χ3n) is 7.72. The molecule has 47 heavy (non-hydrogen) atoms. The molecule has 0 fully saturated rings. The number of ether oxygens (including phenoxy) is 3. The molecule has 10 nitrogen and oxygen atoms in total. The van der Waals surface area contributed by atoms with E-state index in [0.29, 0.717) is 58.0 Å². The fourth-order valence-electron chi connectivity index (χ4n) is 4.81. The molecule has 0 radical (unpaired) electrons. The van der Waals surface area contributed by atoms with Gasteiger partial charge in [0.05, 0.1) is 47.6 Å². The number of rotatable bonds is 17. The van der Waals surface area contributed by atoms with Gasteiger partial charge in [-0.25, -0.2) is 0 Å². The monoisotopic (exact) mass is 680 g/mol. The van der Waals surface area contributed by atoms with Crippen LogP contribution in [-0.2, 0) is 19.8 Å². The summed E-state index contributed by atoms with van der Waals surface area (Å²) in [4.78, 5) is 4.08. The second-order valence-corrected chi connectivity index (χ2v) is 11.7. The van der Waals surface area contributed by atoms with Crippen LogP contribution in [0, 0.1) is 18.3 Å². The molecular formula is C35H38Cl2N4O6. The van der Waals surface area contributed by atoms with Gasteiger partial charge in [0.1, 0.15) is 36.5 Å². The average molecular weight is 682 g/mol. The first-order chi connectivity index (χ1) is 22.8. The van der Waals surface area contributed by atoms with Gasteiger partial charge >= 0.3 is 0 Å². The zero-order valence-corrected chi connectivity index (χ0v) is 27.5. The van der Waals surface area contributed by atoms with E-state index in [9.17, 15) is 15.3 Å². The molecule has 248 valence electrons. The molecule has 0 bridgehead atoms. The van der Waals surface area contributed by atoms with Crippen LogP contribution in [0.15, 0.2) is 67.0 Å². The molecule has 1 heterocycles. The van der Waals surface area contributed by atoms with Crippen LogP contribution in [-0.4, -0.2) is 58.8 Å². The Kier molecular flexibility index (Phi) is 13.2. The highest BCUT2D eigenvalue weighted by Gasteiger charge is 2.26. The molecule has 0 aliphatic heterocycles. The van der Waals surface area contributed by atoms with E-state index in [-0.39, 0.29) is 39.6 Å². The van der Waals surface area contributed by atoms with Crippen LogP contribution in [0.5, 0.6) is 17.2 Å². The predicted molar refractivity (Wildman–Crippen MR) is 181 cm³/mol. The Labute approximate surface area is 284 Å². The minimum atomic E-state index is -1.14. The molecule has 6 N–H and O–H groups in total. The predicted octanol–water partition coefficient (Wildman–Crippen LogP) is 4.93. The van der Waals surface area contributed by atoms with Gasteiger partial charge < -0.3 is 40.6 Å². The van der Waals surface area contributed by atoms with Gasteiger partial charge in [-0.1, -0.05) is 53.5 Å². The zero-order valence-electron chi connectivity index (χ0n) is 26.0. The standard InChI is InChI=1S/C35H38Cl2N4O6/c1-23-26(19-47-33-13-32(27(15-39)12-30(33)36)46-18-25-11-24(14-38)16-40-17-25)5-2-6-28(23)29-7-3-8-31(34(29)37)45-10-4-9-41-35(20-42,21-43)22-44/h2-3,5-8,11-13,16-17,41-44H,4,9-10,15,18-22,39H2,1H3. The summed E-state index contributed by atoms with van der Waals surface area (Å²) < 4.78 is 18.2. The summed E-state index contributed by atoms with van der Waals surface area (Å²) in [7, 11) is 0. The lowest BCUT2D eigenvalue weighted by Crippen LogP contribution is -2.55. The van der Waals surface area contributed by atoms with Gasteiger partial charge in [-0.15, -0.1) is 0 Å². The number of hydrogen-bond donors (Lipinski definition) is 5. The first-order valence-electron chi connectivity index (χ1n) is 15.0. The third-order valence-corrected chi connectivity index (χ3v) is 8.41. The molecule has 0 atom stereocenters. The third kappa shape index (κ3) is 9.12. The fourth-order valence-corrected chi connectivity index (χ4v) is 5.34. The van der Waals surface area contributed by atoms with Gasteiger partial charge in [0.2, 0.25) is 0 Å². The van der Waals surface area contributed by atoms with Crippen molar-refractivity contribution in [1.29, 1.82) is 5.26 Å². The van der Waals surface area contributed by atoms with E-state index < -0.39 is 5.54 Å². The topological polar surface area (TPSA) is 163 Å². The minimum Gasteiger partial charge on any atom is -0.492 e. The molecule has 4 rings (SSSR count). The molecule has 0 saturated carbocycles. The maximum Gasteiger partial charge on any atom is 0.142 e. The molecule has 0 spiro atoms. The van der Waals surface area contributed by atoms with Crippen LogP contribution < -0.4 is 25.3 Å². The molecule has 0 amide bonds. The van der Waals surface area contributed by atoms with Crippen molar-refractivity contribution in [3.8, 4) is 34.4 Å². The van der Waals surface area contributed by atoms with Crippen molar-refractivity contribution < 1.29 is 29.5 Å². The van der Waals surface area contributed by atoms with Crippen LogP contribution >= 0.6 is 23.2 Å². The van der Waals surface area contributed by atoms with Gasteiger partial charge in [0, 0.05) is 41.7 Å². The van der Waals surface area contributed by atoms with Crippen LogP contribution in [0.2, 0.25) is 10.0 Å². The minimum absolute atomic E-state index is 0.190. The Morgan fingerprint density at radius 2 is 1.60 bits per heavy atom. The number of nitrogens with two attached hydrogens (primary N) is 1. The number of nitrogens with one attached hydrogen (secondary N) is 1. The zero-order chi connectivity index (χ0) is 33.8. The maximum absolute atomic E-state index is 9.47. The summed E-state index contributed by atoms with van der Waals surface area (Å²) in [5.41, 5.74) is 10.3. The average Bonchev–Trinajstić information content (AvgIpc) is 3.10. The van der Waals surface area contributed by atoms with Crippen LogP contribution in [0.1, 0.15) is 34.2 Å². The largest absolute Gasteiger partial charge is 0.492 e. The smallest absolute Gasteiger partial charge is 0.142 e. The number of pyridine rings is 1. The summed E-state index contributed by atoms with van der Waals surface area (Å²) in [5, 5.41) is 41.4. The number of halogens is 2. The van der Waals surface area contributed by atoms with Gasteiger partial charge in [0.15, 0.2) is 0 Å². The quantitative estimate of drug-likeness (QED) is 0.0967. The van der Waals surface area contributed by atoms with Crippen molar-refractivity contribution in [3.63, 3.8) is 0 Å². The molecule has 3 aromatic carbocycles. The van der Waals surface area contributed by atoms with Crippen LogP contribution in [0.4, 0.5) is 0 Å². The highest BCUT2D eigenvalue weighted by Crippen LogP contribution is 2.38. The van der Waals surface area contributed by atoms with E-state index >= 15 is 0 Å². The Morgan fingerprint density at radius 1 is 0.872 bits per heavy atom. The summed E-state index contributed by atoms with van der Waals surface area (Å²) >= 11 is 13.4. The van der Waals surface area contributed by atoms with Crippen molar-refractivity contribution in [2.24, 2.45) is 5.73 Å². The lowest BCUT2D eigenvalue weighted by atomic mass is 9.96. The molecule has 0 aliphatic carbocycles. The van der Waals surface area contributed by atoms with E-state index in [4.69, 9.17) is 48.4 Å². The number of aromatic nitrogens is 1. The second-order valence-electron chi connectivity index (χ2n) is 11.0. The van der Waals surface area contributed by atoms with Crippen LogP contribution in [0.3, 0.4) is 0 Å². The van der Waals surface area contributed by atoms with Gasteiger partial charge in [-0.2, -0.15) is 5.26 Å². The van der Waals surface area contributed by atoms with Crippen LogP contribution in [0.25, 0.3) is 11.1 Å². The van der Waals surface area contributed by atoms with E-state index in [2.05, 4.69) is 16.4 Å². The molecule has 0 unspecified atom stereocenters. The number of benzene rings is 3. The number of aliphatic hydroxyl groups is 3. The van der Waals surface area contributed by atoms with Gasteiger partial charge in [-0.3, -0.25) is 4.98 Å². The number of nitrogens with zero attached hydrogens (tertiary/aromatic N) is 2. The van der Waals surface area contributed by atoms with E-state index in [1.165, 1.54) is 6.20 Å². The first-order valence-corrected chi connectivity index (χ1v) is 15.7. The SMILES string of the molecule is Cc1c(COc2cc(OCc3cncc(C#N)c3)c(CN)cc2Cl)cccc1-c1cccc(OCCCNC(CO)(CO)CO)c1Cl. The highest BCUT2D eigenvalue weighted by atomic mass is 35.5. The fraction of sp³-hybridized carbons (Fsp3) is 0.314. The van der Waals surface area contributed by atoms with Gasteiger partial charge in [-0.05, 0) is 54.8 Å². The molecule has 0 aliphatic rings. The maximum atomic E-state index is 9.47. The van der Waals surface area contributed by atoms with Crippen molar-refractivity contribution >= 4 is 23.2 Å². The van der Waals surface area contributed by atoms with Gasteiger partial charge in [0.25, 0.3) is 0 Å². The van der Waals surface area contributed by atoms with Crippen molar-refractivity contribution in [2.75, 3.05) is 33.0 Å². The first kappa shape index (κ1) is 35.9. The van der Waals surface area contributed by atoms with Crippen molar-refractivity contribution in [1.82, 2.24) is 10.3 Å². The number of hydrogen-bond acceptors (Lipinski definition) is 10. The normalized spacial score (nSPS) is 11.3. The number of nitriles is 1. The molecule has 1 aromatic heterocycles. The Hall–Kier alpha value is -3.92. The van der Waals surface area contributed by atoms with E-state index in [0.717, 1.165) is 27.8 Å². The Morgan fingerprint density at radius 3 is 2.32 bits per heavy atom. The second kappa shape index (κ2) is 17.3. The molecule has 4 aromatic rings. The highest BCUT2D eigenvalue weighted by molar-refractivity contribution is 6.35. The van der Waals surface area contributed by atoms with Crippen molar-refractivity contribution in [3.05, 3.63) is 105 Å². The summed E-state index contributed by atoms with van der Waals surface area (Å²) in [6.07, 6.45) is 3.69. The summed E-state index contributed by atoms with van der Waals surface area (Å²) in [6, 6.07) is 18.7. The lowest BCUT2D eigenvalue weighted by Gasteiger charge is -2.28. The Balaban J connectivity index is 1.44. The summed E-state index contributed by atoms with van der Waals surface area (Å²) in [5.74, 6) is 1.48. The van der Waals surface area contributed by atoms with E-state index in [1.54, 1.807) is 30.5 Å². The molecule has 12 heteroatoms. The van der Waals surface area contributed by atoms with Crippen molar-refractivity contribution in [2.45, 2.75) is 38.6 Å². The Bertz CT molecular complexity index is 1690. The molecule has 0 saturated heterocycles. The lowest BCUT2D eigenvalue weighted by molar-refractivity contribution is 0.0419. The van der Waals surface area contributed by atoms with E-state index in [1.807, 2.05) is 37.3 Å². The molecular weight excluding hydrogens is 643 g/mol.